The maximum atomic E-state index is 13.1. The third-order valence-corrected chi connectivity index (χ3v) is 5.53. The van der Waals surface area contributed by atoms with Crippen LogP contribution in [0.2, 0.25) is 0 Å². The summed E-state index contributed by atoms with van der Waals surface area (Å²) in [6.45, 7) is 5.76. The Morgan fingerprint density at radius 2 is 1.77 bits per heavy atom. The molecule has 4 rings (SSSR count). The largest absolute Gasteiger partial charge is 0.493 e. The van der Waals surface area contributed by atoms with Crippen molar-refractivity contribution in [3.05, 3.63) is 36.0 Å². The molecule has 2 aliphatic rings. The highest BCUT2D eigenvalue weighted by molar-refractivity contribution is 5.98. The fourth-order valence-corrected chi connectivity index (χ4v) is 3.86. The summed E-state index contributed by atoms with van der Waals surface area (Å²) in [6.07, 6.45) is 1.80. The molecule has 0 bridgehead atoms. The summed E-state index contributed by atoms with van der Waals surface area (Å²) in [6, 6.07) is 7.43. The van der Waals surface area contributed by atoms with Crippen LogP contribution in [0.3, 0.4) is 0 Å². The predicted octanol–water partition coefficient (Wildman–Crippen LogP) is 1.29. The number of morpholine rings is 1. The summed E-state index contributed by atoms with van der Waals surface area (Å²) in [5, 5.41) is 8.51. The Hall–Kier alpha value is -3.07. The molecule has 2 aliphatic heterocycles. The molecule has 30 heavy (non-hydrogen) atoms. The van der Waals surface area contributed by atoms with Crippen LogP contribution in [0, 0.1) is 0 Å². The maximum absolute atomic E-state index is 13.1. The van der Waals surface area contributed by atoms with Gasteiger partial charge in [-0.15, -0.1) is 5.10 Å². The van der Waals surface area contributed by atoms with E-state index in [1.165, 1.54) is 0 Å². The van der Waals surface area contributed by atoms with E-state index in [0.717, 1.165) is 37.8 Å². The van der Waals surface area contributed by atoms with Crippen molar-refractivity contribution in [1.82, 2.24) is 15.1 Å². The zero-order valence-electron chi connectivity index (χ0n) is 17.4. The number of aromatic nitrogens is 2. The van der Waals surface area contributed by atoms with E-state index < -0.39 is 0 Å². The first-order chi connectivity index (χ1) is 14.7. The van der Waals surface area contributed by atoms with Gasteiger partial charge in [0.25, 0.3) is 5.91 Å². The third kappa shape index (κ3) is 4.11. The highest BCUT2D eigenvalue weighted by Gasteiger charge is 2.26. The third-order valence-electron chi connectivity index (χ3n) is 5.53. The molecule has 2 fully saturated rings. The number of para-hydroxylation sites is 1. The van der Waals surface area contributed by atoms with Crippen molar-refractivity contribution in [3.8, 4) is 11.5 Å². The number of anilines is 2. The van der Waals surface area contributed by atoms with E-state index in [1.54, 1.807) is 38.6 Å². The number of benzene rings is 1. The smallest absolute Gasteiger partial charge is 0.257 e. The maximum Gasteiger partial charge on any atom is 0.257 e. The highest BCUT2D eigenvalue weighted by Crippen LogP contribution is 2.32. The van der Waals surface area contributed by atoms with Gasteiger partial charge in [-0.05, 0) is 12.1 Å². The number of nitrogens with zero attached hydrogens (tertiary/aromatic N) is 5. The molecule has 160 valence electrons. The Morgan fingerprint density at radius 3 is 2.47 bits per heavy atom. The quantitative estimate of drug-likeness (QED) is 0.726. The molecule has 9 nitrogen and oxygen atoms in total. The van der Waals surface area contributed by atoms with Crippen molar-refractivity contribution in [2.24, 2.45) is 0 Å². The normalized spacial score (nSPS) is 17.1. The van der Waals surface area contributed by atoms with Gasteiger partial charge in [0, 0.05) is 45.3 Å². The van der Waals surface area contributed by atoms with Gasteiger partial charge in [0.15, 0.2) is 17.3 Å². The van der Waals surface area contributed by atoms with Crippen molar-refractivity contribution in [2.45, 2.75) is 0 Å². The van der Waals surface area contributed by atoms with Crippen molar-refractivity contribution >= 4 is 17.4 Å². The van der Waals surface area contributed by atoms with E-state index in [2.05, 4.69) is 26.1 Å². The summed E-state index contributed by atoms with van der Waals surface area (Å²) in [5.41, 5.74) is 1.57. The standard InChI is InChI=1S/C21H27N5O4/c1-28-18-5-3-4-17(20(18)29-2)21(27)26-8-6-25(7-9-26)19-14-16(15-22-23-19)24-10-12-30-13-11-24/h3-5,14-15H,6-13H2,1-2H3. The molecular formula is C21H27N5O4. The van der Waals surface area contributed by atoms with E-state index in [1.807, 2.05) is 4.90 Å². The van der Waals surface area contributed by atoms with E-state index in [0.29, 0.717) is 43.2 Å². The monoisotopic (exact) mass is 413 g/mol. The molecule has 0 unspecified atom stereocenters. The Morgan fingerprint density at radius 1 is 1.00 bits per heavy atom. The number of hydrogen-bond donors (Lipinski definition) is 0. The molecule has 0 N–H and O–H groups in total. The number of methoxy groups -OCH3 is 2. The van der Waals surface area contributed by atoms with Crippen LogP contribution in [0.4, 0.5) is 11.5 Å². The lowest BCUT2D eigenvalue weighted by atomic mass is 10.1. The molecule has 0 radical (unpaired) electrons. The van der Waals surface area contributed by atoms with E-state index >= 15 is 0 Å². The van der Waals surface area contributed by atoms with Crippen molar-refractivity contribution < 1.29 is 19.0 Å². The van der Waals surface area contributed by atoms with E-state index in [-0.39, 0.29) is 5.91 Å². The molecule has 9 heteroatoms. The average molecular weight is 413 g/mol. The average Bonchev–Trinajstić information content (AvgIpc) is 2.83. The number of hydrogen-bond acceptors (Lipinski definition) is 8. The molecule has 0 saturated carbocycles. The first-order valence-electron chi connectivity index (χ1n) is 10.1. The molecule has 0 spiro atoms. The van der Waals surface area contributed by atoms with Crippen LogP contribution in [0.15, 0.2) is 30.5 Å². The molecular weight excluding hydrogens is 386 g/mol. The number of carbonyl (C=O) groups is 1. The Bertz CT molecular complexity index is 879. The van der Waals surface area contributed by atoms with Gasteiger partial charge in [-0.1, -0.05) is 6.07 Å². The molecule has 1 aromatic carbocycles. The molecule has 2 aromatic rings. The zero-order chi connectivity index (χ0) is 20.9. The molecule has 1 aromatic heterocycles. The van der Waals surface area contributed by atoms with Gasteiger partial charge in [0.2, 0.25) is 0 Å². The van der Waals surface area contributed by atoms with E-state index in [9.17, 15) is 4.79 Å². The van der Waals surface area contributed by atoms with Crippen molar-refractivity contribution in [3.63, 3.8) is 0 Å². The van der Waals surface area contributed by atoms with Crippen molar-refractivity contribution in [2.75, 3.05) is 76.5 Å². The van der Waals surface area contributed by atoms with Gasteiger partial charge >= 0.3 is 0 Å². The molecule has 0 aliphatic carbocycles. The lowest BCUT2D eigenvalue weighted by molar-refractivity contribution is 0.0742. The minimum Gasteiger partial charge on any atom is -0.493 e. The van der Waals surface area contributed by atoms with Crippen LogP contribution in [0.1, 0.15) is 10.4 Å². The van der Waals surface area contributed by atoms with Gasteiger partial charge in [-0.2, -0.15) is 5.10 Å². The second-order valence-corrected chi connectivity index (χ2v) is 7.19. The topological polar surface area (TPSA) is 80.3 Å². The van der Waals surface area contributed by atoms with Crippen LogP contribution in [0.5, 0.6) is 11.5 Å². The van der Waals surface area contributed by atoms with Gasteiger partial charge in [-0.25, -0.2) is 0 Å². The van der Waals surface area contributed by atoms with Crippen LogP contribution in [-0.2, 0) is 4.74 Å². The number of amides is 1. The molecule has 3 heterocycles. The lowest BCUT2D eigenvalue weighted by Crippen LogP contribution is -2.49. The number of rotatable bonds is 5. The van der Waals surface area contributed by atoms with Gasteiger partial charge in [0.1, 0.15) is 0 Å². The Balaban J connectivity index is 1.42. The lowest BCUT2D eigenvalue weighted by Gasteiger charge is -2.36. The van der Waals surface area contributed by atoms with E-state index in [4.69, 9.17) is 14.2 Å². The number of carbonyl (C=O) groups excluding carboxylic acids is 1. The number of ether oxygens (including phenoxy) is 3. The first-order valence-corrected chi connectivity index (χ1v) is 10.1. The second-order valence-electron chi connectivity index (χ2n) is 7.19. The number of piperazine rings is 1. The Labute approximate surface area is 176 Å². The zero-order valence-corrected chi connectivity index (χ0v) is 17.4. The summed E-state index contributed by atoms with van der Waals surface area (Å²) < 4.78 is 16.2. The Kier molecular flexibility index (Phi) is 6.18. The second kappa shape index (κ2) is 9.17. The van der Waals surface area contributed by atoms with Crippen molar-refractivity contribution in [1.29, 1.82) is 0 Å². The fraction of sp³-hybridized carbons (Fsp3) is 0.476. The van der Waals surface area contributed by atoms with Gasteiger partial charge in [0.05, 0.1) is 44.9 Å². The van der Waals surface area contributed by atoms with Crippen LogP contribution in [-0.4, -0.2) is 87.7 Å². The molecule has 1 amide bonds. The highest BCUT2D eigenvalue weighted by atomic mass is 16.5. The summed E-state index contributed by atoms with van der Waals surface area (Å²) in [7, 11) is 3.11. The minimum absolute atomic E-state index is 0.0569. The molecule has 2 saturated heterocycles. The van der Waals surface area contributed by atoms with Gasteiger partial charge in [-0.3, -0.25) is 4.79 Å². The van der Waals surface area contributed by atoms with Crippen LogP contribution >= 0.6 is 0 Å². The van der Waals surface area contributed by atoms with Crippen LogP contribution < -0.4 is 19.3 Å². The first kappa shape index (κ1) is 20.2. The summed E-state index contributed by atoms with van der Waals surface area (Å²) >= 11 is 0. The van der Waals surface area contributed by atoms with Crippen LogP contribution in [0.25, 0.3) is 0 Å². The predicted molar refractivity (Wildman–Crippen MR) is 113 cm³/mol. The summed E-state index contributed by atoms with van der Waals surface area (Å²) in [4.78, 5) is 19.3. The molecule has 0 atom stereocenters. The SMILES string of the molecule is COc1cccc(C(=O)N2CCN(c3cc(N4CCOCC4)cnn3)CC2)c1OC. The minimum atomic E-state index is -0.0569. The fourth-order valence-electron chi connectivity index (χ4n) is 3.86. The summed E-state index contributed by atoms with van der Waals surface area (Å²) in [5.74, 6) is 1.80. The van der Waals surface area contributed by atoms with Gasteiger partial charge < -0.3 is 28.9 Å².